The SMILES string of the molecule is O=C(NCCc1c2c(cc3c1OCC3)OCC2)NC1CCCCC1. The molecule has 5 nitrogen and oxygen atoms in total. The Kier molecular flexibility index (Phi) is 4.50. The van der Waals surface area contributed by atoms with Crippen molar-refractivity contribution in [3.8, 4) is 11.5 Å². The second-order valence-corrected chi connectivity index (χ2v) is 7.00. The van der Waals surface area contributed by atoms with Crippen LogP contribution in [-0.4, -0.2) is 31.8 Å². The Balaban J connectivity index is 1.35. The normalized spacial score (nSPS) is 19.2. The van der Waals surface area contributed by atoms with Gasteiger partial charge in [0.2, 0.25) is 0 Å². The number of carbonyl (C=O) groups is 1. The van der Waals surface area contributed by atoms with Crippen LogP contribution in [0.1, 0.15) is 48.8 Å². The first-order valence-corrected chi connectivity index (χ1v) is 9.29. The lowest BCUT2D eigenvalue weighted by atomic mass is 9.96. The fraction of sp³-hybridized carbons (Fsp3) is 0.632. The maximum atomic E-state index is 12.1. The molecule has 2 N–H and O–H groups in total. The van der Waals surface area contributed by atoms with Crippen molar-refractivity contribution in [3.05, 3.63) is 22.8 Å². The van der Waals surface area contributed by atoms with Gasteiger partial charge in [-0.2, -0.15) is 0 Å². The molecule has 2 aliphatic heterocycles. The number of rotatable bonds is 4. The molecule has 0 aromatic heterocycles. The second-order valence-electron chi connectivity index (χ2n) is 7.00. The summed E-state index contributed by atoms with van der Waals surface area (Å²) in [7, 11) is 0. The molecule has 2 heterocycles. The summed E-state index contributed by atoms with van der Waals surface area (Å²) in [6.07, 6.45) is 8.66. The maximum Gasteiger partial charge on any atom is 0.315 e. The van der Waals surface area contributed by atoms with Crippen molar-refractivity contribution in [2.45, 2.75) is 57.4 Å². The van der Waals surface area contributed by atoms with Gasteiger partial charge in [0.25, 0.3) is 0 Å². The van der Waals surface area contributed by atoms with E-state index < -0.39 is 0 Å². The molecule has 4 rings (SSSR count). The lowest BCUT2D eigenvalue weighted by molar-refractivity contribution is 0.232. The van der Waals surface area contributed by atoms with Gasteiger partial charge in [-0.25, -0.2) is 4.79 Å². The van der Waals surface area contributed by atoms with E-state index in [0.717, 1.165) is 56.8 Å². The minimum Gasteiger partial charge on any atom is -0.493 e. The molecule has 1 saturated carbocycles. The number of fused-ring (bicyclic) bond motifs is 2. The van der Waals surface area contributed by atoms with Gasteiger partial charge in [0.15, 0.2) is 0 Å². The predicted octanol–water partition coefficient (Wildman–Crippen LogP) is 2.73. The minimum atomic E-state index is -0.0386. The van der Waals surface area contributed by atoms with E-state index in [1.165, 1.54) is 36.0 Å². The zero-order valence-electron chi connectivity index (χ0n) is 14.2. The Labute approximate surface area is 143 Å². The fourth-order valence-electron chi connectivity index (χ4n) is 4.13. The summed E-state index contributed by atoms with van der Waals surface area (Å²) in [5, 5.41) is 6.12. The monoisotopic (exact) mass is 330 g/mol. The molecule has 130 valence electrons. The molecule has 0 bridgehead atoms. The molecule has 3 aliphatic rings. The van der Waals surface area contributed by atoms with Crippen molar-refractivity contribution >= 4 is 6.03 Å². The summed E-state index contributed by atoms with van der Waals surface area (Å²) in [6.45, 7) is 2.13. The molecular formula is C19H26N2O3. The summed E-state index contributed by atoms with van der Waals surface area (Å²) in [5.41, 5.74) is 3.75. The molecule has 0 unspecified atom stereocenters. The molecular weight excluding hydrogens is 304 g/mol. The average Bonchev–Trinajstić information content (AvgIpc) is 3.24. The third-order valence-corrected chi connectivity index (χ3v) is 5.36. The number of urea groups is 1. The Bertz CT molecular complexity index is 591. The van der Waals surface area contributed by atoms with E-state index >= 15 is 0 Å². The lowest BCUT2D eigenvalue weighted by Gasteiger charge is -2.23. The second kappa shape index (κ2) is 6.91. The average molecular weight is 330 g/mol. The summed E-state index contributed by atoms with van der Waals surface area (Å²) in [4.78, 5) is 12.1. The van der Waals surface area contributed by atoms with Gasteiger partial charge in [-0.1, -0.05) is 19.3 Å². The molecule has 1 fully saturated rings. The Morgan fingerprint density at radius 1 is 1.12 bits per heavy atom. The van der Waals surface area contributed by atoms with Crippen molar-refractivity contribution in [2.24, 2.45) is 0 Å². The third-order valence-electron chi connectivity index (χ3n) is 5.36. The summed E-state index contributed by atoms with van der Waals surface area (Å²) in [6, 6.07) is 2.45. The van der Waals surface area contributed by atoms with E-state index in [1.807, 2.05) is 0 Å². The van der Waals surface area contributed by atoms with Crippen LogP contribution in [0.5, 0.6) is 11.5 Å². The van der Waals surface area contributed by atoms with E-state index in [1.54, 1.807) is 0 Å². The van der Waals surface area contributed by atoms with Gasteiger partial charge in [0.1, 0.15) is 11.5 Å². The highest BCUT2D eigenvalue weighted by molar-refractivity contribution is 5.74. The van der Waals surface area contributed by atoms with Crippen LogP contribution < -0.4 is 20.1 Å². The first-order chi connectivity index (χ1) is 11.8. The van der Waals surface area contributed by atoms with E-state index in [4.69, 9.17) is 9.47 Å². The van der Waals surface area contributed by atoms with Crippen molar-refractivity contribution in [3.63, 3.8) is 0 Å². The maximum absolute atomic E-state index is 12.1. The first-order valence-electron chi connectivity index (χ1n) is 9.29. The number of benzene rings is 1. The third kappa shape index (κ3) is 3.17. The standard InChI is InChI=1S/C19H26N2O3/c22-19(21-14-4-2-1-3-5-14)20-9-6-16-15-8-11-23-17(15)12-13-7-10-24-18(13)16/h12,14H,1-11H2,(H2,20,21,22). The van der Waals surface area contributed by atoms with Crippen LogP contribution in [0.4, 0.5) is 4.79 Å². The molecule has 1 aromatic carbocycles. The van der Waals surface area contributed by atoms with Gasteiger partial charge in [-0.3, -0.25) is 0 Å². The number of ether oxygens (including phenoxy) is 2. The Hall–Kier alpha value is -1.91. The Morgan fingerprint density at radius 3 is 2.83 bits per heavy atom. The van der Waals surface area contributed by atoms with Crippen LogP contribution >= 0.6 is 0 Å². The summed E-state index contributed by atoms with van der Waals surface area (Å²) < 4.78 is 11.6. The van der Waals surface area contributed by atoms with Crippen LogP contribution in [-0.2, 0) is 19.3 Å². The first kappa shape index (κ1) is 15.6. The largest absolute Gasteiger partial charge is 0.493 e. The van der Waals surface area contributed by atoms with Crippen LogP contribution in [0, 0.1) is 0 Å². The zero-order chi connectivity index (χ0) is 16.4. The molecule has 0 atom stereocenters. The lowest BCUT2D eigenvalue weighted by Crippen LogP contribution is -2.43. The number of nitrogens with one attached hydrogen (secondary N) is 2. The van der Waals surface area contributed by atoms with E-state index in [2.05, 4.69) is 16.7 Å². The van der Waals surface area contributed by atoms with Crippen molar-refractivity contribution in [2.75, 3.05) is 19.8 Å². The fourth-order valence-corrected chi connectivity index (χ4v) is 4.13. The molecule has 5 heteroatoms. The number of hydrogen-bond acceptors (Lipinski definition) is 3. The van der Waals surface area contributed by atoms with Crippen LogP contribution in [0.3, 0.4) is 0 Å². The van der Waals surface area contributed by atoms with Gasteiger partial charge in [0.05, 0.1) is 13.2 Å². The minimum absolute atomic E-state index is 0.0386. The van der Waals surface area contributed by atoms with Crippen molar-refractivity contribution in [1.82, 2.24) is 10.6 Å². The molecule has 2 amide bonds. The van der Waals surface area contributed by atoms with Gasteiger partial charge in [-0.05, 0) is 25.3 Å². The molecule has 24 heavy (non-hydrogen) atoms. The molecule has 0 saturated heterocycles. The summed E-state index contributed by atoms with van der Waals surface area (Å²) in [5.74, 6) is 2.05. The summed E-state index contributed by atoms with van der Waals surface area (Å²) >= 11 is 0. The van der Waals surface area contributed by atoms with Gasteiger partial charge in [0, 0.05) is 42.1 Å². The Morgan fingerprint density at radius 2 is 1.96 bits per heavy atom. The number of hydrogen-bond donors (Lipinski definition) is 2. The van der Waals surface area contributed by atoms with E-state index in [0.29, 0.717) is 12.6 Å². The molecule has 0 radical (unpaired) electrons. The molecule has 0 spiro atoms. The highest BCUT2D eigenvalue weighted by atomic mass is 16.5. The number of amides is 2. The van der Waals surface area contributed by atoms with E-state index in [-0.39, 0.29) is 6.03 Å². The highest BCUT2D eigenvalue weighted by Crippen LogP contribution is 2.40. The van der Waals surface area contributed by atoms with Gasteiger partial charge in [-0.15, -0.1) is 0 Å². The predicted molar refractivity (Wildman–Crippen MR) is 92.0 cm³/mol. The highest BCUT2D eigenvalue weighted by Gasteiger charge is 2.26. The smallest absolute Gasteiger partial charge is 0.315 e. The van der Waals surface area contributed by atoms with E-state index in [9.17, 15) is 4.79 Å². The van der Waals surface area contributed by atoms with Crippen molar-refractivity contribution < 1.29 is 14.3 Å². The molecule has 1 aliphatic carbocycles. The topological polar surface area (TPSA) is 59.6 Å². The van der Waals surface area contributed by atoms with Crippen molar-refractivity contribution in [1.29, 1.82) is 0 Å². The van der Waals surface area contributed by atoms with Gasteiger partial charge >= 0.3 is 6.03 Å². The number of carbonyl (C=O) groups excluding carboxylic acids is 1. The molecule has 1 aromatic rings. The quantitative estimate of drug-likeness (QED) is 0.892. The van der Waals surface area contributed by atoms with Crippen LogP contribution in [0.2, 0.25) is 0 Å². The van der Waals surface area contributed by atoms with Crippen LogP contribution in [0.25, 0.3) is 0 Å². The zero-order valence-corrected chi connectivity index (χ0v) is 14.2. The van der Waals surface area contributed by atoms with Gasteiger partial charge < -0.3 is 20.1 Å². The van der Waals surface area contributed by atoms with Crippen LogP contribution in [0.15, 0.2) is 6.07 Å².